The molecule has 0 aliphatic carbocycles. The summed E-state index contributed by atoms with van der Waals surface area (Å²) < 4.78 is 4.82. The maximum Gasteiger partial charge on any atom is 0.339 e. The molecule has 5 heteroatoms. The number of ketones is 1. The van der Waals surface area contributed by atoms with E-state index in [1.165, 1.54) is 13.5 Å². The highest BCUT2D eigenvalue weighted by Crippen LogP contribution is 2.25. The quantitative estimate of drug-likeness (QED) is 0.684. The van der Waals surface area contributed by atoms with Crippen molar-refractivity contribution in [3.05, 3.63) is 22.5 Å². The highest BCUT2D eigenvalue weighted by Gasteiger charge is 2.32. The van der Waals surface area contributed by atoms with E-state index in [1.54, 1.807) is 13.8 Å². The van der Waals surface area contributed by atoms with Gasteiger partial charge in [-0.1, -0.05) is 13.8 Å². The molecule has 2 heterocycles. The zero-order chi connectivity index (χ0) is 17.3. The van der Waals surface area contributed by atoms with Crippen LogP contribution in [0.15, 0.2) is 0 Å². The van der Waals surface area contributed by atoms with Crippen LogP contribution in [0, 0.1) is 25.7 Å². The Morgan fingerprint density at radius 3 is 2.30 bits per heavy atom. The van der Waals surface area contributed by atoms with Crippen LogP contribution in [0.3, 0.4) is 0 Å². The monoisotopic (exact) mass is 320 g/mol. The minimum absolute atomic E-state index is 0.0436. The van der Waals surface area contributed by atoms with Crippen molar-refractivity contribution < 1.29 is 14.3 Å². The number of hydrogen-bond donors (Lipinski definition) is 1. The number of aryl methyl sites for hydroxylation is 1. The molecule has 2 rings (SSSR count). The Labute approximate surface area is 138 Å². The molecule has 0 amide bonds. The number of Topliss-reactive ketones (excluding diaryl/α,β-unsaturated/α-hetero) is 1. The molecule has 0 unspecified atom stereocenters. The van der Waals surface area contributed by atoms with Gasteiger partial charge in [0.05, 0.1) is 24.4 Å². The maximum atomic E-state index is 12.9. The van der Waals surface area contributed by atoms with Crippen molar-refractivity contribution in [1.29, 1.82) is 0 Å². The minimum Gasteiger partial charge on any atom is -0.465 e. The minimum atomic E-state index is -0.400. The fraction of sp³-hybridized carbons (Fsp3) is 0.667. The summed E-state index contributed by atoms with van der Waals surface area (Å²) in [7, 11) is 1.36. The van der Waals surface area contributed by atoms with Gasteiger partial charge in [0, 0.05) is 18.8 Å². The van der Waals surface area contributed by atoms with Gasteiger partial charge >= 0.3 is 5.97 Å². The van der Waals surface area contributed by atoms with Crippen molar-refractivity contribution in [2.75, 3.05) is 20.2 Å². The van der Waals surface area contributed by atoms with Gasteiger partial charge in [-0.3, -0.25) is 9.69 Å². The van der Waals surface area contributed by atoms with E-state index >= 15 is 0 Å². The third kappa shape index (κ3) is 3.50. The summed E-state index contributed by atoms with van der Waals surface area (Å²) in [5.74, 6) is 0.849. The molecule has 128 valence electrons. The van der Waals surface area contributed by atoms with Crippen molar-refractivity contribution >= 4 is 11.8 Å². The third-order valence-corrected chi connectivity index (χ3v) is 4.90. The van der Waals surface area contributed by atoms with Crippen LogP contribution in [-0.2, 0) is 4.74 Å². The second-order valence-corrected chi connectivity index (χ2v) is 7.06. The first-order valence-corrected chi connectivity index (χ1v) is 8.31. The van der Waals surface area contributed by atoms with Gasteiger partial charge in [0.1, 0.15) is 0 Å². The SMILES string of the molecule is COC(=O)c1c(C)[nH]c(C(=O)[C@H](C)N2C[C@@H](C)C[C@H](C)C2)c1C. The maximum absolute atomic E-state index is 12.9. The van der Waals surface area contributed by atoms with Crippen LogP contribution < -0.4 is 0 Å². The molecule has 0 saturated carbocycles. The van der Waals surface area contributed by atoms with Gasteiger partial charge in [-0.2, -0.15) is 0 Å². The van der Waals surface area contributed by atoms with E-state index in [0.29, 0.717) is 34.4 Å². The molecule has 1 N–H and O–H groups in total. The number of piperidine rings is 1. The lowest BCUT2D eigenvalue weighted by atomic mass is 9.90. The Hall–Kier alpha value is -1.62. The summed E-state index contributed by atoms with van der Waals surface area (Å²) >= 11 is 0. The van der Waals surface area contributed by atoms with E-state index in [9.17, 15) is 9.59 Å². The molecule has 5 nitrogen and oxygen atoms in total. The molecule has 1 aliphatic heterocycles. The van der Waals surface area contributed by atoms with Crippen LogP contribution in [0.5, 0.6) is 0 Å². The summed E-state index contributed by atoms with van der Waals surface area (Å²) in [6.07, 6.45) is 1.21. The smallest absolute Gasteiger partial charge is 0.339 e. The summed E-state index contributed by atoms with van der Waals surface area (Å²) in [6.45, 7) is 11.9. The van der Waals surface area contributed by atoms with Crippen LogP contribution in [0.2, 0.25) is 0 Å². The van der Waals surface area contributed by atoms with E-state index in [0.717, 1.165) is 13.1 Å². The molecule has 1 aromatic heterocycles. The number of esters is 1. The molecule has 0 radical (unpaired) electrons. The van der Waals surface area contributed by atoms with Gasteiger partial charge in [-0.05, 0) is 44.6 Å². The normalized spacial score (nSPS) is 23.6. The number of carbonyl (C=O) groups is 2. The summed E-state index contributed by atoms with van der Waals surface area (Å²) in [6, 6.07) is -0.192. The Kier molecular flexibility index (Phi) is 5.30. The van der Waals surface area contributed by atoms with Crippen molar-refractivity contribution in [3.63, 3.8) is 0 Å². The lowest BCUT2D eigenvalue weighted by Gasteiger charge is -2.38. The summed E-state index contributed by atoms with van der Waals surface area (Å²) in [5.41, 5.74) is 2.37. The summed E-state index contributed by atoms with van der Waals surface area (Å²) in [4.78, 5) is 30.2. The van der Waals surface area contributed by atoms with Crippen molar-refractivity contribution in [1.82, 2.24) is 9.88 Å². The van der Waals surface area contributed by atoms with Gasteiger partial charge in [0.15, 0.2) is 5.78 Å². The first kappa shape index (κ1) is 17.7. The van der Waals surface area contributed by atoms with Crippen LogP contribution in [0.25, 0.3) is 0 Å². The van der Waals surface area contributed by atoms with Crippen LogP contribution in [-0.4, -0.2) is 47.9 Å². The first-order valence-electron chi connectivity index (χ1n) is 8.31. The van der Waals surface area contributed by atoms with E-state index in [4.69, 9.17) is 4.74 Å². The Morgan fingerprint density at radius 1 is 1.22 bits per heavy atom. The highest BCUT2D eigenvalue weighted by atomic mass is 16.5. The zero-order valence-electron chi connectivity index (χ0n) is 15.0. The average Bonchev–Trinajstić information content (AvgIpc) is 2.79. The second-order valence-electron chi connectivity index (χ2n) is 7.06. The third-order valence-electron chi connectivity index (χ3n) is 4.90. The van der Waals surface area contributed by atoms with Gasteiger partial charge in [-0.15, -0.1) is 0 Å². The highest BCUT2D eigenvalue weighted by molar-refractivity contribution is 6.03. The molecular formula is C18H28N2O3. The largest absolute Gasteiger partial charge is 0.465 e. The molecule has 0 bridgehead atoms. The number of aromatic nitrogens is 1. The number of carbonyl (C=O) groups excluding carboxylic acids is 2. The lowest BCUT2D eigenvalue weighted by molar-refractivity contribution is 0.0599. The molecule has 3 atom stereocenters. The van der Waals surface area contributed by atoms with Gasteiger partial charge in [0.2, 0.25) is 0 Å². The molecule has 0 spiro atoms. The molecule has 1 aromatic rings. The van der Waals surface area contributed by atoms with Crippen molar-refractivity contribution in [2.45, 2.75) is 47.1 Å². The number of nitrogens with zero attached hydrogens (tertiary/aromatic N) is 1. The van der Waals surface area contributed by atoms with Crippen molar-refractivity contribution in [2.24, 2.45) is 11.8 Å². The lowest BCUT2D eigenvalue weighted by Crippen LogP contribution is -2.47. The fourth-order valence-electron chi connectivity index (χ4n) is 3.81. The van der Waals surface area contributed by atoms with Crippen LogP contribution >= 0.6 is 0 Å². The number of aromatic amines is 1. The zero-order valence-corrected chi connectivity index (χ0v) is 15.0. The Morgan fingerprint density at radius 2 is 1.78 bits per heavy atom. The van der Waals surface area contributed by atoms with Crippen LogP contribution in [0.4, 0.5) is 0 Å². The average molecular weight is 320 g/mol. The van der Waals surface area contributed by atoms with Crippen LogP contribution in [0.1, 0.15) is 59.3 Å². The Bertz CT molecular complexity index is 596. The molecular weight excluding hydrogens is 292 g/mol. The van der Waals surface area contributed by atoms with E-state index in [2.05, 4.69) is 23.7 Å². The number of H-pyrrole nitrogens is 1. The Balaban J connectivity index is 2.25. The van der Waals surface area contributed by atoms with Crippen molar-refractivity contribution in [3.8, 4) is 0 Å². The second kappa shape index (κ2) is 6.87. The predicted octanol–water partition coefficient (Wildman–Crippen LogP) is 2.97. The first-order chi connectivity index (χ1) is 10.8. The molecule has 1 saturated heterocycles. The molecule has 1 aliphatic rings. The molecule has 23 heavy (non-hydrogen) atoms. The molecule has 1 fully saturated rings. The van der Waals surface area contributed by atoms with E-state index < -0.39 is 5.97 Å². The number of rotatable bonds is 4. The summed E-state index contributed by atoms with van der Waals surface area (Å²) in [5, 5.41) is 0. The number of nitrogens with one attached hydrogen (secondary N) is 1. The predicted molar refractivity (Wildman–Crippen MR) is 89.9 cm³/mol. The number of hydrogen-bond acceptors (Lipinski definition) is 4. The number of ether oxygens (including phenoxy) is 1. The topological polar surface area (TPSA) is 62.4 Å². The van der Waals surface area contributed by atoms with E-state index in [1.807, 2.05) is 6.92 Å². The molecule has 0 aromatic carbocycles. The van der Waals surface area contributed by atoms with Gasteiger partial charge in [-0.25, -0.2) is 4.79 Å². The van der Waals surface area contributed by atoms with E-state index in [-0.39, 0.29) is 11.8 Å². The fourth-order valence-corrected chi connectivity index (χ4v) is 3.81. The number of likely N-dealkylation sites (tertiary alicyclic amines) is 1. The van der Waals surface area contributed by atoms with Gasteiger partial charge < -0.3 is 9.72 Å². The standard InChI is InChI=1S/C18H28N2O3/c1-10-7-11(2)9-20(8-10)14(5)17(21)16-12(3)15(13(4)19-16)18(22)23-6/h10-11,14,19H,7-9H2,1-6H3/t10-,11-,14-/m0/s1. The number of methoxy groups -OCH3 is 1. The van der Waals surface area contributed by atoms with Gasteiger partial charge in [0.25, 0.3) is 0 Å².